The Morgan fingerprint density at radius 2 is 1.44 bits per heavy atom. The molecular weight excluding hydrogens is 525 g/mol. The highest BCUT2D eigenvalue weighted by atomic mass is 28.4. The summed E-state index contributed by atoms with van der Waals surface area (Å²) in [4.78, 5) is 26.0. The molecule has 0 spiro atoms. The normalized spacial score (nSPS) is 30.7. The molecule has 8 heteroatoms. The van der Waals surface area contributed by atoms with Gasteiger partial charge in [0.25, 0.3) is 0 Å². The summed E-state index contributed by atoms with van der Waals surface area (Å²) in [6.45, 7) is 32.4. The van der Waals surface area contributed by atoms with E-state index in [1.807, 2.05) is 6.92 Å². The molecule has 0 bridgehead atoms. The number of carbonyl (C=O) groups is 2. The van der Waals surface area contributed by atoms with Crippen molar-refractivity contribution < 1.29 is 27.9 Å². The summed E-state index contributed by atoms with van der Waals surface area (Å²) in [6, 6.07) is 0. The summed E-state index contributed by atoms with van der Waals surface area (Å²) in [5, 5.41) is -0.0341. The maximum absolute atomic E-state index is 13.3. The predicted molar refractivity (Wildman–Crippen MR) is 166 cm³/mol. The molecule has 6 nitrogen and oxygen atoms in total. The van der Waals surface area contributed by atoms with Crippen LogP contribution in [0.2, 0.25) is 36.3 Å². The van der Waals surface area contributed by atoms with E-state index in [2.05, 4.69) is 94.2 Å². The van der Waals surface area contributed by atoms with Gasteiger partial charge in [-0.3, -0.25) is 9.59 Å². The largest absolute Gasteiger partial charge is 0.457 e. The summed E-state index contributed by atoms with van der Waals surface area (Å²) in [5.41, 5.74) is 1.03. The highest BCUT2D eigenvalue weighted by Gasteiger charge is 2.47. The van der Waals surface area contributed by atoms with Crippen LogP contribution in [-0.2, 0) is 27.9 Å². The second kappa shape index (κ2) is 13.7. The summed E-state index contributed by atoms with van der Waals surface area (Å²) < 4.78 is 25.8. The molecule has 0 saturated carbocycles. The Morgan fingerprint density at radius 3 is 1.90 bits per heavy atom. The van der Waals surface area contributed by atoms with Gasteiger partial charge in [-0.15, -0.1) is 0 Å². The van der Waals surface area contributed by atoms with Crippen LogP contribution in [0.15, 0.2) is 24.3 Å². The van der Waals surface area contributed by atoms with E-state index in [4.69, 9.17) is 18.3 Å². The van der Waals surface area contributed by atoms with Gasteiger partial charge in [0.05, 0.1) is 18.3 Å². The Bertz CT molecular complexity index is 880. The smallest absolute Gasteiger partial charge is 0.313 e. The van der Waals surface area contributed by atoms with Gasteiger partial charge in [0.15, 0.2) is 16.6 Å². The molecule has 226 valence electrons. The van der Waals surface area contributed by atoms with Crippen molar-refractivity contribution in [3.8, 4) is 0 Å². The van der Waals surface area contributed by atoms with E-state index in [0.29, 0.717) is 6.42 Å². The summed E-state index contributed by atoms with van der Waals surface area (Å²) in [6.07, 6.45) is 2.74. The van der Waals surface area contributed by atoms with Crippen molar-refractivity contribution in [3.05, 3.63) is 24.3 Å². The third-order valence-corrected chi connectivity index (χ3v) is 18.2. The van der Waals surface area contributed by atoms with E-state index in [9.17, 15) is 9.59 Å². The SMILES string of the molecule is C=C[C@H]1C/C(C)=C/[C@@H](OC)[C@@H](C)[C@@H](O[Si](C)(C)C(C)(C)C)[C@H](C)[C@@H](O[Si](C)(C)C(C)(C)C)CC(=O)CC(=O)O1. The van der Waals surface area contributed by atoms with Gasteiger partial charge in [-0.05, 0) is 43.2 Å². The van der Waals surface area contributed by atoms with Crippen molar-refractivity contribution in [2.75, 3.05) is 7.11 Å². The molecule has 1 aliphatic heterocycles. The average Bonchev–Trinajstić information content (AvgIpc) is 2.76. The molecule has 0 N–H and O–H groups in total. The summed E-state index contributed by atoms with van der Waals surface area (Å²) in [5.74, 6) is -0.829. The van der Waals surface area contributed by atoms with Crippen molar-refractivity contribution in [3.63, 3.8) is 0 Å². The second-order valence-electron chi connectivity index (χ2n) is 14.6. The van der Waals surface area contributed by atoms with Crippen molar-refractivity contribution in [1.29, 1.82) is 0 Å². The lowest BCUT2D eigenvalue weighted by Crippen LogP contribution is -2.53. The standard InChI is InChI=1S/C31H58O6Si2/c1-16-25-17-21(2)18-26(34-11)22(3)29(37-39(14,15)31(8,9)10)23(4)27(19-24(32)20-28(33)35-25)36-38(12,13)30(5,6)7/h16,18,22-23,25-27,29H,1,17,19-20H2,2-15H3/b21-18+/t22-,23-,25+,26-,27+,29-/m1/s1. The molecule has 1 aliphatic rings. The van der Waals surface area contributed by atoms with Crippen LogP contribution in [0.1, 0.15) is 81.6 Å². The molecule has 0 aromatic rings. The van der Waals surface area contributed by atoms with Crippen molar-refractivity contribution >= 4 is 28.4 Å². The minimum atomic E-state index is -2.26. The van der Waals surface area contributed by atoms with Crippen LogP contribution in [0, 0.1) is 11.8 Å². The van der Waals surface area contributed by atoms with Gasteiger partial charge in [-0.2, -0.15) is 0 Å². The first kappa shape index (κ1) is 36.0. The van der Waals surface area contributed by atoms with Gasteiger partial charge >= 0.3 is 5.97 Å². The fraction of sp³-hybridized carbons (Fsp3) is 0.806. The molecule has 0 fully saturated rings. The highest BCUT2D eigenvalue weighted by Crippen LogP contribution is 2.43. The third kappa shape index (κ3) is 10.1. The van der Waals surface area contributed by atoms with E-state index >= 15 is 0 Å². The van der Waals surface area contributed by atoms with Crippen LogP contribution in [-0.4, -0.2) is 59.9 Å². The molecule has 0 radical (unpaired) electrons. The molecule has 0 aromatic heterocycles. The topological polar surface area (TPSA) is 71.1 Å². The van der Waals surface area contributed by atoms with Crippen LogP contribution in [0.3, 0.4) is 0 Å². The average molecular weight is 583 g/mol. The lowest BCUT2D eigenvalue weighted by Gasteiger charge is -2.47. The van der Waals surface area contributed by atoms with Gasteiger partial charge in [-0.1, -0.05) is 79.7 Å². The zero-order chi connectivity index (χ0) is 30.6. The van der Waals surface area contributed by atoms with Crippen LogP contribution >= 0.6 is 0 Å². The number of methoxy groups -OCH3 is 1. The van der Waals surface area contributed by atoms with Crippen LogP contribution < -0.4 is 0 Å². The molecule has 0 amide bonds. The summed E-state index contributed by atoms with van der Waals surface area (Å²) >= 11 is 0. The first-order valence-corrected chi connectivity index (χ1v) is 20.3. The van der Waals surface area contributed by atoms with Gasteiger partial charge in [0.1, 0.15) is 18.3 Å². The Morgan fingerprint density at radius 1 is 0.923 bits per heavy atom. The maximum Gasteiger partial charge on any atom is 0.313 e. The number of hydrogen-bond acceptors (Lipinski definition) is 6. The zero-order valence-corrected chi connectivity index (χ0v) is 29.4. The van der Waals surface area contributed by atoms with Crippen LogP contribution in [0.25, 0.3) is 0 Å². The number of carbonyl (C=O) groups excluding carboxylic acids is 2. The maximum atomic E-state index is 13.3. The second-order valence-corrected chi connectivity index (χ2v) is 24.1. The van der Waals surface area contributed by atoms with E-state index in [1.165, 1.54) is 0 Å². The quantitative estimate of drug-likeness (QED) is 0.137. The van der Waals surface area contributed by atoms with E-state index in [1.54, 1.807) is 13.2 Å². The molecule has 0 saturated heterocycles. The summed E-state index contributed by atoms with van der Waals surface area (Å²) in [7, 11) is -2.74. The van der Waals surface area contributed by atoms with Crippen molar-refractivity contribution in [2.24, 2.45) is 11.8 Å². The molecule has 1 rings (SSSR count). The Balaban J connectivity index is 3.75. The Kier molecular flexibility index (Phi) is 12.7. The monoisotopic (exact) mass is 582 g/mol. The van der Waals surface area contributed by atoms with Crippen LogP contribution in [0.4, 0.5) is 0 Å². The zero-order valence-electron chi connectivity index (χ0n) is 27.4. The Labute approximate surface area is 241 Å². The van der Waals surface area contributed by atoms with E-state index < -0.39 is 34.8 Å². The number of esters is 1. The molecule has 0 unspecified atom stereocenters. The molecular formula is C31H58O6Si2. The number of Topliss-reactive ketones (excluding diaryl/α,β-unsaturated/α-hetero) is 1. The minimum Gasteiger partial charge on any atom is -0.457 e. The molecule has 0 aliphatic carbocycles. The Hall–Kier alpha value is -1.07. The molecule has 1 heterocycles. The van der Waals surface area contributed by atoms with Crippen molar-refractivity contribution in [1.82, 2.24) is 0 Å². The lowest BCUT2D eigenvalue weighted by molar-refractivity contribution is -0.149. The van der Waals surface area contributed by atoms with Crippen molar-refractivity contribution in [2.45, 2.75) is 142 Å². The fourth-order valence-corrected chi connectivity index (χ4v) is 7.31. The predicted octanol–water partition coefficient (Wildman–Crippen LogP) is 7.85. The van der Waals surface area contributed by atoms with Crippen LogP contribution in [0.5, 0.6) is 0 Å². The highest BCUT2D eigenvalue weighted by molar-refractivity contribution is 6.74. The van der Waals surface area contributed by atoms with Gasteiger partial charge in [0, 0.05) is 31.8 Å². The van der Waals surface area contributed by atoms with Gasteiger partial charge in [0.2, 0.25) is 0 Å². The molecule has 39 heavy (non-hydrogen) atoms. The first-order chi connectivity index (χ1) is 17.6. The van der Waals surface area contributed by atoms with E-state index in [0.717, 1.165) is 5.57 Å². The van der Waals surface area contributed by atoms with Gasteiger partial charge in [-0.25, -0.2) is 0 Å². The number of cyclic esters (lactones) is 1. The first-order valence-electron chi connectivity index (χ1n) is 14.5. The van der Waals surface area contributed by atoms with E-state index in [-0.39, 0.29) is 52.7 Å². The number of rotatable bonds is 6. The molecule has 6 atom stereocenters. The minimum absolute atomic E-state index is 0.00634. The van der Waals surface area contributed by atoms with Gasteiger partial charge < -0.3 is 18.3 Å². The number of ether oxygens (including phenoxy) is 2. The molecule has 0 aromatic carbocycles. The number of hydrogen-bond donors (Lipinski definition) is 0. The number of ketones is 1. The fourth-order valence-electron chi connectivity index (χ4n) is 4.44. The lowest BCUT2D eigenvalue weighted by atomic mass is 9.83. The third-order valence-electron chi connectivity index (χ3n) is 9.19.